The molecule has 2 aromatic heterocycles. The number of carboxylic acids is 1. The zero-order valence-electron chi connectivity index (χ0n) is 9.34. The SMILES string of the molecule is CCc1sccc1-c1noc(CCC(=O)O)n1. The molecule has 0 bridgehead atoms. The summed E-state index contributed by atoms with van der Waals surface area (Å²) in [5.74, 6) is 0.0497. The van der Waals surface area contributed by atoms with Gasteiger partial charge in [0.15, 0.2) is 0 Å². The molecule has 6 heteroatoms. The van der Waals surface area contributed by atoms with E-state index >= 15 is 0 Å². The maximum atomic E-state index is 10.4. The Morgan fingerprint density at radius 1 is 1.59 bits per heavy atom. The minimum atomic E-state index is -0.866. The number of aliphatic carboxylic acids is 1. The minimum absolute atomic E-state index is 0.00586. The van der Waals surface area contributed by atoms with E-state index in [1.54, 1.807) is 11.3 Å². The standard InChI is InChI=1S/C11H12N2O3S/c1-2-8-7(5-6-17-8)11-12-9(16-13-11)3-4-10(14)15/h5-6H,2-4H2,1H3,(H,14,15). The van der Waals surface area contributed by atoms with Gasteiger partial charge >= 0.3 is 5.97 Å². The smallest absolute Gasteiger partial charge is 0.303 e. The number of hydrogen-bond acceptors (Lipinski definition) is 5. The van der Waals surface area contributed by atoms with E-state index in [0.29, 0.717) is 11.7 Å². The lowest BCUT2D eigenvalue weighted by molar-refractivity contribution is -0.137. The van der Waals surface area contributed by atoms with Crippen molar-refractivity contribution in [3.8, 4) is 11.4 Å². The van der Waals surface area contributed by atoms with Crippen LogP contribution in [0.5, 0.6) is 0 Å². The van der Waals surface area contributed by atoms with Crippen molar-refractivity contribution in [3.05, 3.63) is 22.2 Å². The summed E-state index contributed by atoms with van der Waals surface area (Å²) in [6, 6.07) is 1.95. The third kappa shape index (κ3) is 2.71. The lowest BCUT2D eigenvalue weighted by atomic mass is 10.2. The van der Waals surface area contributed by atoms with Crippen LogP contribution in [0.4, 0.5) is 0 Å². The minimum Gasteiger partial charge on any atom is -0.481 e. The highest BCUT2D eigenvalue weighted by Crippen LogP contribution is 2.26. The van der Waals surface area contributed by atoms with E-state index in [-0.39, 0.29) is 12.8 Å². The van der Waals surface area contributed by atoms with Gasteiger partial charge in [0.1, 0.15) is 0 Å². The second-order valence-electron chi connectivity index (χ2n) is 3.52. The fourth-order valence-electron chi connectivity index (χ4n) is 1.49. The van der Waals surface area contributed by atoms with E-state index in [2.05, 4.69) is 17.1 Å². The van der Waals surface area contributed by atoms with Gasteiger partial charge in [-0.2, -0.15) is 4.98 Å². The van der Waals surface area contributed by atoms with Gasteiger partial charge in [-0.3, -0.25) is 4.79 Å². The van der Waals surface area contributed by atoms with Crippen LogP contribution in [0.15, 0.2) is 16.0 Å². The van der Waals surface area contributed by atoms with E-state index in [9.17, 15) is 4.79 Å². The van der Waals surface area contributed by atoms with Crippen LogP contribution in [0.3, 0.4) is 0 Å². The molecule has 0 saturated carbocycles. The molecule has 1 N–H and O–H groups in total. The van der Waals surface area contributed by atoms with Gasteiger partial charge in [0.25, 0.3) is 0 Å². The summed E-state index contributed by atoms with van der Waals surface area (Å²) in [4.78, 5) is 15.8. The topological polar surface area (TPSA) is 76.2 Å². The molecule has 0 saturated heterocycles. The Bertz CT molecular complexity index is 518. The first-order valence-corrected chi connectivity index (χ1v) is 6.19. The van der Waals surface area contributed by atoms with Crippen LogP contribution in [0.1, 0.15) is 24.1 Å². The summed E-state index contributed by atoms with van der Waals surface area (Å²) in [5.41, 5.74) is 0.975. The van der Waals surface area contributed by atoms with E-state index in [4.69, 9.17) is 9.63 Å². The van der Waals surface area contributed by atoms with Crippen molar-refractivity contribution in [2.45, 2.75) is 26.2 Å². The molecule has 0 amide bonds. The molecule has 2 aromatic rings. The maximum Gasteiger partial charge on any atom is 0.303 e. The number of carboxylic acid groups (broad SMARTS) is 1. The third-order valence-corrected chi connectivity index (χ3v) is 3.39. The molecule has 0 aliphatic carbocycles. The highest BCUT2D eigenvalue weighted by Gasteiger charge is 2.13. The van der Waals surface area contributed by atoms with Gasteiger partial charge in [0, 0.05) is 16.9 Å². The molecule has 2 heterocycles. The normalized spacial score (nSPS) is 10.6. The molecule has 0 spiro atoms. The molecule has 5 nitrogen and oxygen atoms in total. The number of hydrogen-bond donors (Lipinski definition) is 1. The Labute approximate surface area is 102 Å². The first-order chi connectivity index (χ1) is 8.20. The summed E-state index contributed by atoms with van der Waals surface area (Å²) in [6.07, 6.45) is 1.20. The summed E-state index contributed by atoms with van der Waals surface area (Å²) in [5, 5.41) is 14.4. The van der Waals surface area contributed by atoms with Crippen LogP contribution in [0.25, 0.3) is 11.4 Å². The fourth-order valence-corrected chi connectivity index (χ4v) is 2.31. The van der Waals surface area contributed by atoms with Crippen LogP contribution in [0, 0.1) is 0 Å². The van der Waals surface area contributed by atoms with Crippen molar-refractivity contribution in [2.24, 2.45) is 0 Å². The van der Waals surface area contributed by atoms with Crippen LogP contribution in [-0.4, -0.2) is 21.2 Å². The van der Waals surface area contributed by atoms with Gasteiger partial charge in [0.2, 0.25) is 11.7 Å². The molecule has 0 fully saturated rings. The average molecular weight is 252 g/mol. The van der Waals surface area contributed by atoms with Gasteiger partial charge in [0.05, 0.1) is 6.42 Å². The largest absolute Gasteiger partial charge is 0.481 e. The summed E-state index contributed by atoms with van der Waals surface area (Å²) in [7, 11) is 0. The number of nitrogens with zero attached hydrogens (tertiary/aromatic N) is 2. The van der Waals surface area contributed by atoms with E-state index in [0.717, 1.165) is 12.0 Å². The molecule has 0 unspecified atom stereocenters. The van der Waals surface area contributed by atoms with E-state index in [1.807, 2.05) is 11.4 Å². The maximum absolute atomic E-state index is 10.4. The van der Waals surface area contributed by atoms with Crippen LogP contribution >= 0.6 is 11.3 Å². The molecule has 0 radical (unpaired) electrons. The summed E-state index contributed by atoms with van der Waals surface area (Å²) < 4.78 is 5.02. The van der Waals surface area contributed by atoms with Crippen molar-refractivity contribution in [1.82, 2.24) is 10.1 Å². The molecule has 0 aliphatic rings. The monoisotopic (exact) mass is 252 g/mol. The lowest BCUT2D eigenvalue weighted by Gasteiger charge is -1.93. The van der Waals surface area contributed by atoms with Crippen molar-refractivity contribution in [3.63, 3.8) is 0 Å². The number of thiophene rings is 1. The second kappa shape index (κ2) is 5.09. The number of carbonyl (C=O) groups is 1. The molecule has 17 heavy (non-hydrogen) atoms. The molecular formula is C11H12N2O3S. The van der Waals surface area contributed by atoms with Gasteiger partial charge in [-0.05, 0) is 17.9 Å². The molecule has 0 aromatic carbocycles. The lowest BCUT2D eigenvalue weighted by Crippen LogP contribution is -1.97. The highest BCUT2D eigenvalue weighted by atomic mass is 32.1. The number of aryl methyl sites for hydroxylation is 2. The quantitative estimate of drug-likeness (QED) is 0.884. The predicted molar refractivity (Wildman–Crippen MR) is 62.9 cm³/mol. The van der Waals surface area contributed by atoms with Crippen molar-refractivity contribution >= 4 is 17.3 Å². The highest BCUT2D eigenvalue weighted by molar-refractivity contribution is 7.10. The van der Waals surface area contributed by atoms with Crippen molar-refractivity contribution < 1.29 is 14.4 Å². The zero-order chi connectivity index (χ0) is 12.3. The van der Waals surface area contributed by atoms with E-state index < -0.39 is 5.97 Å². The van der Waals surface area contributed by atoms with Gasteiger partial charge < -0.3 is 9.63 Å². The Kier molecular flexibility index (Phi) is 3.53. The van der Waals surface area contributed by atoms with E-state index in [1.165, 1.54) is 4.88 Å². The molecule has 90 valence electrons. The van der Waals surface area contributed by atoms with Gasteiger partial charge in [-0.15, -0.1) is 11.3 Å². The molecular weight excluding hydrogens is 240 g/mol. The number of aromatic nitrogens is 2. The Morgan fingerprint density at radius 2 is 2.41 bits per heavy atom. The first kappa shape index (κ1) is 11.8. The van der Waals surface area contributed by atoms with Crippen molar-refractivity contribution in [2.75, 3.05) is 0 Å². The summed E-state index contributed by atoms with van der Waals surface area (Å²) >= 11 is 1.66. The van der Waals surface area contributed by atoms with Crippen LogP contribution in [-0.2, 0) is 17.6 Å². The summed E-state index contributed by atoms with van der Waals surface area (Å²) in [6.45, 7) is 2.07. The molecule has 0 atom stereocenters. The number of rotatable bonds is 5. The average Bonchev–Trinajstić information content (AvgIpc) is 2.94. The fraction of sp³-hybridized carbons (Fsp3) is 0.364. The zero-order valence-corrected chi connectivity index (χ0v) is 10.2. The molecule has 0 aliphatic heterocycles. The van der Waals surface area contributed by atoms with Gasteiger partial charge in [-0.25, -0.2) is 0 Å². The Morgan fingerprint density at radius 3 is 3.12 bits per heavy atom. The van der Waals surface area contributed by atoms with Crippen molar-refractivity contribution in [1.29, 1.82) is 0 Å². The predicted octanol–water partition coefficient (Wildman–Crippen LogP) is 2.38. The van der Waals surface area contributed by atoms with Crippen LogP contribution in [0.2, 0.25) is 0 Å². The Balaban J connectivity index is 2.15. The Hall–Kier alpha value is -1.69. The molecule has 2 rings (SSSR count). The van der Waals surface area contributed by atoms with Gasteiger partial charge in [-0.1, -0.05) is 12.1 Å². The van der Waals surface area contributed by atoms with Crippen LogP contribution < -0.4 is 0 Å². The first-order valence-electron chi connectivity index (χ1n) is 5.31. The third-order valence-electron chi connectivity index (χ3n) is 2.33. The second-order valence-corrected chi connectivity index (χ2v) is 4.52.